The second-order valence-corrected chi connectivity index (χ2v) is 6.01. The standard InChI is InChI=1S/C18H17ClN4O.CH3FO/c1-11(20)23-16-8-7-14(24-2)9-15(16)18(22-10-17(23)21)12-3-5-13(19)6-4-12;1-3-2/h3-9,20-21H,10H2,1-2H3;1H3. The first-order valence-electron chi connectivity index (χ1n) is 7.99. The van der Waals surface area contributed by atoms with E-state index in [0.29, 0.717) is 10.8 Å². The maximum absolute atomic E-state index is 9.79. The monoisotopic (exact) mass is 390 g/mol. The van der Waals surface area contributed by atoms with Gasteiger partial charge in [0, 0.05) is 16.1 Å². The molecule has 0 saturated carbocycles. The Morgan fingerprint density at radius 1 is 1.19 bits per heavy atom. The Kier molecular flexibility index (Phi) is 7.04. The summed E-state index contributed by atoms with van der Waals surface area (Å²) in [6, 6.07) is 13.0. The number of benzene rings is 2. The highest BCUT2D eigenvalue weighted by Gasteiger charge is 2.25. The zero-order valence-corrected chi connectivity index (χ0v) is 16.0. The molecule has 0 spiro atoms. The van der Waals surface area contributed by atoms with E-state index < -0.39 is 0 Å². The van der Waals surface area contributed by atoms with Gasteiger partial charge < -0.3 is 4.74 Å². The maximum Gasteiger partial charge on any atom is 0.128 e. The minimum absolute atomic E-state index is 0.200. The number of amidine groups is 2. The van der Waals surface area contributed by atoms with Crippen molar-refractivity contribution in [2.75, 3.05) is 25.7 Å². The number of halogens is 2. The quantitative estimate of drug-likeness (QED) is 0.585. The molecule has 0 unspecified atom stereocenters. The molecule has 0 amide bonds. The summed E-state index contributed by atoms with van der Waals surface area (Å²) in [5.41, 5.74) is 3.24. The number of aliphatic imine (C=N–C) groups is 1. The molecule has 0 saturated heterocycles. The molecule has 1 heterocycles. The normalized spacial score (nSPS) is 13.0. The summed E-state index contributed by atoms with van der Waals surface area (Å²) in [5, 5.41) is 16.9. The lowest BCUT2D eigenvalue weighted by atomic mass is 9.99. The van der Waals surface area contributed by atoms with Crippen LogP contribution < -0.4 is 9.64 Å². The minimum atomic E-state index is 0.200. The van der Waals surface area contributed by atoms with Crippen molar-refractivity contribution in [2.24, 2.45) is 4.99 Å². The van der Waals surface area contributed by atoms with E-state index in [2.05, 4.69) is 9.93 Å². The lowest BCUT2D eigenvalue weighted by Gasteiger charge is -2.24. The van der Waals surface area contributed by atoms with Gasteiger partial charge in [-0.15, -0.1) is 0 Å². The Bertz CT molecular complexity index is 869. The first-order valence-corrected chi connectivity index (χ1v) is 8.37. The van der Waals surface area contributed by atoms with E-state index in [1.165, 1.54) is 0 Å². The topological polar surface area (TPSA) is 81.8 Å². The molecule has 1 aliphatic heterocycles. The predicted octanol–water partition coefficient (Wildman–Crippen LogP) is 4.50. The lowest BCUT2D eigenvalue weighted by molar-refractivity contribution is -0.0960. The average Bonchev–Trinajstić information content (AvgIpc) is 2.78. The number of rotatable bonds is 2. The second kappa shape index (κ2) is 9.25. The molecule has 8 heteroatoms. The van der Waals surface area contributed by atoms with Crippen LogP contribution in [0.4, 0.5) is 10.2 Å². The third-order valence-corrected chi connectivity index (χ3v) is 4.06. The number of methoxy groups -OCH3 is 1. The van der Waals surface area contributed by atoms with Crippen LogP contribution in [0.5, 0.6) is 5.75 Å². The number of benzodiazepines with no additional fused rings is 1. The van der Waals surface area contributed by atoms with E-state index in [4.69, 9.17) is 27.2 Å². The van der Waals surface area contributed by atoms with Gasteiger partial charge in [-0.2, -0.15) is 4.94 Å². The van der Waals surface area contributed by atoms with Crippen molar-refractivity contribution >= 4 is 34.7 Å². The number of hydrogen-bond acceptors (Lipinski definition) is 5. The first-order chi connectivity index (χ1) is 12.9. The maximum atomic E-state index is 9.79. The third kappa shape index (κ3) is 4.69. The molecule has 0 fully saturated rings. The van der Waals surface area contributed by atoms with Crippen LogP contribution >= 0.6 is 11.6 Å². The van der Waals surface area contributed by atoms with Crippen LogP contribution in [-0.4, -0.2) is 38.1 Å². The second-order valence-electron chi connectivity index (χ2n) is 5.58. The van der Waals surface area contributed by atoms with Crippen molar-refractivity contribution in [1.29, 1.82) is 10.8 Å². The molecule has 0 bridgehead atoms. The fourth-order valence-corrected chi connectivity index (χ4v) is 2.85. The van der Waals surface area contributed by atoms with E-state index in [1.807, 2.05) is 42.5 Å². The van der Waals surface area contributed by atoms with E-state index >= 15 is 0 Å². The summed E-state index contributed by atoms with van der Waals surface area (Å²) in [7, 11) is 2.57. The molecule has 27 heavy (non-hydrogen) atoms. The zero-order valence-electron chi connectivity index (χ0n) is 15.2. The van der Waals surface area contributed by atoms with Gasteiger partial charge in [-0.3, -0.25) is 20.7 Å². The number of hydrogen-bond donors (Lipinski definition) is 2. The molecule has 2 N–H and O–H groups in total. The smallest absolute Gasteiger partial charge is 0.128 e. The van der Waals surface area contributed by atoms with Crippen LogP contribution in [0, 0.1) is 10.8 Å². The largest absolute Gasteiger partial charge is 0.497 e. The van der Waals surface area contributed by atoms with Crippen LogP contribution in [0.25, 0.3) is 0 Å². The molecular weight excluding hydrogens is 371 g/mol. The van der Waals surface area contributed by atoms with Gasteiger partial charge in [-0.1, -0.05) is 23.7 Å². The van der Waals surface area contributed by atoms with Gasteiger partial charge in [-0.25, -0.2) is 0 Å². The molecule has 0 atom stereocenters. The van der Waals surface area contributed by atoms with Gasteiger partial charge in [-0.05, 0) is 41.8 Å². The van der Waals surface area contributed by atoms with Gasteiger partial charge in [0.25, 0.3) is 0 Å². The molecule has 0 aromatic heterocycles. The third-order valence-electron chi connectivity index (χ3n) is 3.81. The zero-order chi connectivity index (χ0) is 20.0. The van der Waals surface area contributed by atoms with Crippen molar-refractivity contribution in [2.45, 2.75) is 6.92 Å². The first kappa shape index (κ1) is 20.5. The molecule has 0 radical (unpaired) electrons. The Balaban J connectivity index is 0.000000817. The molecule has 3 rings (SSSR count). The van der Waals surface area contributed by atoms with Crippen LogP contribution in [0.15, 0.2) is 47.5 Å². The Morgan fingerprint density at radius 3 is 2.37 bits per heavy atom. The number of nitrogens with zero attached hydrogens (tertiary/aromatic N) is 2. The number of nitrogens with one attached hydrogen (secondary N) is 2. The molecule has 2 aromatic rings. The number of ether oxygens (including phenoxy) is 1. The highest BCUT2D eigenvalue weighted by atomic mass is 35.5. The van der Waals surface area contributed by atoms with Gasteiger partial charge in [0.1, 0.15) is 17.4 Å². The van der Waals surface area contributed by atoms with Gasteiger partial charge >= 0.3 is 0 Å². The molecular formula is C19H20ClFN4O2. The van der Waals surface area contributed by atoms with Gasteiger partial charge in [0.05, 0.1) is 32.2 Å². The van der Waals surface area contributed by atoms with Crippen LogP contribution in [0.2, 0.25) is 5.02 Å². The van der Waals surface area contributed by atoms with Crippen molar-refractivity contribution in [3.63, 3.8) is 0 Å². The fourth-order valence-electron chi connectivity index (χ4n) is 2.72. The molecule has 2 aromatic carbocycles. The van der Waals surface area contributed by atoms with Gasteiger partial charge in [0.2, 0.25) is 0 Å². The van der Waals surface area contributed by atoms with Gasteiger partial charge in [0.15, 0.2) is 0 Å². The van der Waals surface area contributed by atoms with E-state index in [9.17, 15) is 4.53 Å². The summed E-state index contributed by atoms with van der Waals surface area (Å²) >= 11 is 5.99. The summed E-state index contributed by atoms with van der Waals surface area (Å²) in [5.74, 6) is 1.24. The summed E-state index contributed by atoms with van der Waals surface area (Å²) in [6.45, 7) is 1.86. The van der Waals surface area contributed by atoms with Crippen LogP contribution in [0.3, 0.4) is 0 Å². The summed E-state index contributed by atoms with van der Waals surface area (Å²) < 4.78 is 15.1. The number of fused-ring (bicyclic) bond motifs is 1. The molecule has 142 valence electrons. The van der Waals surface area contributed by atoms with Crippen molar-refractivity contribution in [3.8, 4) is 5.75 Å². The van der Waals surface area contributed by atoms with Crippen molar-refractivity contribution in [1.82, 2.24) is 0 Å². The highest BCUT2D eigenvalue weighted by molar-refractivity contribution is 6.31. The SMILES string of the molecule is COF.COc1ccc2c(c1)C(c1ccc(Cl)cc1)=NCC(=N)N2C(C)=N. The Morgan fingerprint density at radius 2 is 1.81 bits per heavy atom. The van der Waals surface area contributed by atoms with Crippen molar-refractivity contribution in [3.05, 3.63) is 58.6 Å². The molecule has 6 nitrogen and oxygen atoms in total. The van der Waals surface area contributed by atoms with E-state index in [1.54, 1.807) is 18.9 Å². The van der Waals surface area contributed by atoms with Crippen LogP contribution in [0.1, 0.15) is 18.1 Å². The predicted molar refractivity (Wildman–Crippen MR) is 107 cm³/mol. The average molecular weight is 391 g/mol. The van der Waals surface area contributed by atoms with E-state index in [0.717, 1.165) is 29.6 Å². The summed E-state index contributed by atoms with van der Waals surface area (Å²) in [6.07, 6.45) is 0. The van der Waals surface area contributed by atoms with E-state index in [-0.39, 0.29) is 18.2 Å². The highest BCUT2D eigenvalue weighted by Crippen LogP contribution is 2.31. The molecule has 0 aliphatic carbocycles. The Labute approximate surface area is 162 Å². The fraction of sp³-hybridized carbons (Fsp3) is 0.211. The van der Waals surface area contributed by atoms with Crippen molar-refractivity contribution < 1.29 is 14.2 Å². The lowest BCUT2D eigenvalue weighted by Crippen LogP contribution is -2.35. The molecule has 1 aliphatic rings. The minimum Gasteiger partial charge on any atom is -0.497 e. The Hall–Kier alpha value is -2.77. The van der Waals surface area contributed by atoms with Crippen LogP contribution in [-0.2, 0) is 4.94 Å². The summed E-state index contributed by atoms with van der Waals surface area (Å²) in [4.78, 5) is 8.96. The number of anilines is 1.